The van der Waals surface area contributed by atoms with Gasteiger partial charge in [-0.3, -0.25) is 0 Å². The predicted octanol–water partition coefficient (Wildman–Crippen LogP) is 4.57. The fraction of sp³-hybridized carbons (Fsp3) is 0.667. The Morgan fingerprint density at radius 1 is 1.33 bits per heavy atom. The monoisotopic (exact) mass is 353 g/mol. The first-order valence-corrected chi connectivity index (χ1v) is 9.08. The van der Waals surface area contributed by atoms with Crippen LogP contribution >= 0.6 is 15.9 Å². The second kappa shape index (κ2) is 8.92. The molecule has 1 N–H and O–H groups in total. The molecular formula is C18H28BrNO. The smallest absolute Gasteiger partial charge is 0.0583 e. The molecule has 1 aliphatic rings. The molecule has 3 unspecified atom stereocenters. The molecule has 1 aliphatic heterocycles. The highest BCUT2D eigenvalue weighted by atomic mass is 79.9. The first kappa shape index (κ1) is 17.0. The third-order valence-electron chi connectivity index (χ3n) is 4.24. The maximum Gasteiger partial charge on any atom is 0.0583 e. The third kappa shape index (κ3) is 5.72. The standard InChI is InChI=1S/C18H28BrNO/c1-3-10-20-13-15(12-17-9-8-14(2)21-17)11-16-6-4-5-7-18(16)19/h4-7,14-15,17,20H,3,8-13H2,1-2H3. The van der Waals surface area contributed by atoms with Crippen LogP contribution in [0.4, 0.5) is 0 Å². The van der Waals surface area contributed by atoms with E-state index in [1.165, 1.54) is 35.7 Å². The minimum Gasteiger partial charge on any atom is -0.375 e. The van der Waals surface area contributed by atoms with Gasteiger partial charge >= 0.3 is 0 Å². The van der Waals surface area contributed by atoms with Crippen LogP contribution in [0.2, 0.25) is 0 Å². The van der Waals surface area contributed by atoms with Crippen molar-refractivity contribution in [3.8, 4) is 0 Å². The summed E-state index contributed by atoms with van der Waals surface area (Å²) in [5.41, 5.74) is 1.41. The van der Waals surface area contributed by atoms with Gasteiger partial charge in [0, 0.05) is 4.47 Å². The van der Waals surface area contributed by atoms with Crippen molar-refractivity contribution in [1.29, 1.82) is 0 Å². The van der Waals surface area contributed by atoms with Crippen LogP contribution in [0.5, 0.6) is 0 Å². The first-order chi connectivity index (χ1) is 10.2. The predicted molar refractivity (Wildman–Crippen MR) is 92.7 cm³/mol. The molecule has 1 aromatic carbocycles. The molecule has 2 nitrogen and oxygen atoms in total. The van der Waals surface area contributed by atoms with Crippen molar-refractivity contribution in [3.63, 3.8) is 0 Å². The van der Waals surface area contributed by atoms with Crippen LogP contribution in [-0.4, -0.2) is 25.3 Å². The number of halogens is 1. The average molecular weight is 354 g/mol. The number of rotatable bonds is 8. The van der Waals surface area contributed by atoms with Crippen LogP contribution in [0.25, 0.3) is 0 Å². The molecule has 0 spiro atoms. The van der Waals surface area contributed by atoms with Gasteiger partial charge in [-0.15, -0.1) is 0 Å². The molecule has 0 bridgehead atoms. The minimum atomic E-state index is 0.447. The van der Waals surface area contributed by atoms with Gasteiger partial charge in [-0.05, 0) is 69.7 Å². The second-order valence-corrected chi connectivity index (χ2v) is 7.10. The average Bonchev–Trinajstić information content (AvgIpc) is 2.87. The van der Waals surface area contributed by atoms with Crippen molar-refractivity contribution in [1.82, 2.24) is 5.32 Å². The summed E-state index contributed by atoms with van der Waals surface area (Å²) in [5.74, 6) is 0.644. The van der Waals surface area contributed by atoms with E-state index in [-0.39, 0.29) is 0 Å². The fourth-order valence-corrected chi connectivity index (χ4v) is 3.57. The number of benzene rings is 1. The molecule has 0 saturated carbocycles. The van der Waals surface area contributed by atoms with Gasteiger partial charge in [0.2, 0.25) is 0 Å². The van der Waals surface area contributed by atoms with E-state index in [1.54, 1.807) is 0 Å². The molecule has 21 heavy (non-hydrogen) atoms. The largest absolute Gasteiger partial charge is 0.375 e. The third-order valence-corrected chi connectivity index (χ3v) is 5.02. The first-order valence-electron chi connectivity index (χ1n) is 8.28. The number of nitrogens with one attached hydrogen (secondary N) is 1. The van der Waals surface area contributed by atoms with Crippen LogP contribution in [0.3, 0.4) is 0 Å². The van der Waals surface area contributed by atoms with Gasteiger partial charge in [-0.25, -0.2) is 0 Å². The van der Waals surface area contributed by atoms with Gasteiger partial charge in [0.15, 0.2) is 0 Å². The maximum atomic E-state index is 6.03. The van der Waals surface area contributed by atoms with Gasteiger partial charge in [0.25, 0.3) is 0 Å². The molecule has 2 rings (SSSR count). The Hall–Kier alpha value is -0.380. The molecule has 0 aliphatic carbocycles. The lowest BCUT2D eigenvalue weighted by Crippen LogP contribution is -2.28. The van der Waals surface area contributed by atoms with Crippen molar-refractivity contribution in [2.75, 3.05) is 13.1 Å². The highest BCUT2D eigenvalue weighted by Gasteiger charge is 2.25. The van der Waals surface area contributed by atoms with Crippen molar-refractivity contribution in [2.45, 2.75) is 58.2 Å². The van der Waals surface area contributed by atoms with Gasteiger partial charge in [-0.1, -0.05) is 41.1 Å². The summed E-state index contributed by atoms with van der Waals surface area (Å²) in [6.07, 6.45) is 6.82. The lowest BCUT2D eigenvalue weighted by molar-refractivity contribution is 0.0408. The van der Waals surface area contributed by atoms with Crippen molar-refractivity contribution >= 4 is 15.9 Å². The Kier molecular flexibility index (Phi) is 7.21. The van der Waals surface area contributed by atoms with E-state index < -0.39 is 0 Å². The summed E-state index contributed by atoms with van der Waals surface area (Å²) in [7, 11) is 0. The Bertz CT molecular complexity index is 423. The molecule has 0 radical (unpaired) electrons. The molecule has 0 aromatic heterocycles. The lowest BCUT2D eigenvalue weighted by atomic mass is 9.92. The van der Waals surface area contributed by atoms with Crippen molar-refractivity contribution < 1.29 is 4.74 Å². The zero-order valence-electron chi connectivity index (χ0n) is 13.3. The van der Waals surface area contributed by atoms with E-state index in [0.29, 0.717) is 18.1 Å². The van der Waals surface area contributed by atoms with Crippen LogP contribution in [0, 0.1) is 5.92 Å². The van der Waals surface area contributed by atoms with Crippen molar-refractivity contribution in [3.05, 3.63) is 34.3 Å². The van der Waals surface area contributed by atoms with Gasteiger partial charge < -0.3 is 10.1 Å². The Balaban J connectivity index is 1.93. The molecule has 1 aromatic rings. The second-order valence-electron chi connectivity index (χ2n) is 6.25. The fourth-order valence-electron chi connectivity index (χ4n) is 3.13. The summed E-state index contributed by atoms with van der Waals surface area (Å²) in [4.78, 5) is 0. The normalized spacial score (nSPS) is 23.4. The Morgan fingerprint density at radius 2 is 2.14 bits per heavy atom. The molecule has 3 heteroatoms. The van der Waals surface area contributed by atoms with E-state index in [4.69, 9.17) is 4.74 Å². The molecule has 1 heterocycles. The summed E-state index contributed by atoms with van der Waals surface area (Å²) < 4.78 is 7.25. The molecule has 118 valence electrons. The van der Waals surface area contributed by atoms with Gasteiger partial charge in [0.1, 0.15) is 0 Å². The van der Waals surface area contributed by atoms with Crippen LogP contribution in [-0.2, 0) is 11.2 Å². The number of hydrogen-bond acceptors (Lipinski definition) is 2. The topological polar surface area (TPSA) is 21.3 Å². The van der Waals surface area contributed by atoms with Crippen LogP contribution in [0.1, 0.15) is 45.1 Å². The van der Waals surface area contributed by atoms with Crippen LogP contribution < -0.4 is 5.32 Å². The molecule has 1 saturated heterocycles. The number of ether oxygens (including phenoxy) is 1. The molecule has 0 amide bonds. The Labute approximate surface area is 137 Å². The van der Waals surface area contributed by atoms with E-state index in [9.17, 15) is 0 Å². The summed E-state index contributed by atoms with van der Waals surface area (Å²) in [6.45, 7) is 6.60. The van der Waals surface area contributed by atoms with E-state index >= 15 is 0 Å². The quantitative estimate of drug-likeness (QED) is 0.691. The number of hydrogen-bond donors (Lipinski definition) is 1. The highest BCUT2D eigenvalue weighted by Crippen LogP contribution is 2.27. The highest BCUT2D eigenvalue weighted by molar-refractivity contribution is 9.10. The maximum absolute atomic E-state index is 6.03. The summed E-state index contributed by atoms with van der Waals surface area (Å²) >= 11 is 3.68. The molecule has 3 atom stereocenters. The summed E-state index contributed by atoms with van der Waals surface area (Å²) in [5, 5.41) is 3.59. The lowest BCUT2D eigenvalue weighted by Gasteiger charge is -2.22. The van der Waals surface area contributed by atoms with Gasteiger partial charge in [0.05, 0.1) is 12.2 Å². The SMILES string of the molecule is CCCNCC(Cc1ccccc1Br)CC1CCC(C)O1. The zero-order valence-corrected chi connectivity index (χ0v) is 14.9. The Morgan fingerprint density at radius 3 is 2.81 bits per heavy atom. The van der Waals surface area contributed by atoms with Crippen LogP contribution in [0.15, 0.2) is 28.7 Å². The van der Waals surface area contributed by atoms with E-state index in [2.05, 4.69) is 59.4 Å². The molecule has 1 fully saturated rings. The van der Waals surface area contributed by atoms with Crippen molar-refractivity contribution in [2.24, 2.45) is 5.92 Å². The molecular weight excluding hydrogens is 326 g/mol. The van der Waals surface area contributed by atoms with Gasteiger partial charge in [-0.2, -0.15) is 0 Å². The van der Waals surface area contributed by atoms with E-state index in [0.717, 1.165) is 19.5 Å². The van der Waals surface area contributed by atoms with E-state index in [1.807, 2.05) is 0 Å². The zero-order chi connectivity index (χ0) is 15.1. The minimum absolute atomic E-state index is 0.447. The summed E-state index contributed by atoms with van der Waals surface area (Å²) in [6, 6.07) is 8.58.